The molecule has 20 heavy (non-hydrogen) atoms. The Morgan fingerprint density at radius 2 is 2.20 bits per heavy atom. The number of benzene rings is 1. The quantitative estimate of drug-likeness (QED) is 0.792. The molecule has 2 atom stereocenters. The van der Waals surface area contributed by atoms with Gasteiger partial charge in [0.2, 0.25) is 5.91 Å². The fraction of sp³-hybridized carbons (Fsp3) is 0.562. The van der Waals surface area contributed by atoms with Crippen molar-refractivity contribution >= 4 is 17.7 Å². The first-order valence-corrected chi connectivity index (χ1v) is 8.55. The molecule has 0 saturated carbocycles. The number of carbonyl (C=O) groups is 1. The Morgan fingerprint density at radius 1 is 1.45 bits per heavy atom. The summed E-state index contributed by atoms with van der Waals surface area (Å²) in [5.41, 5.74) is 1.17. The zero-order valence-corrected chi connectivity index (χ0v) is 13.1. The molecule has 1 heterocycles. The van der Waals surface area contributed by atoms with E-state index in [4.69, 9.17) is 0 Å². The molecule has 1 aromatic rings. The van der Waals surface area contributed by atoms with Crippen LogP contribution in [0.3, 0.4) is 0 Å². The summed E-state index contributed by atoms with van der Waals surface area (Å²) in [4.78, 5) is 13.2. The van der Waals surface area contributed by atoms with Crippen molar-refractivity contribution < 1.29 is 4.79 Å². The van der Waals surface area contributed by atoms with Gasteiger partial charge in [-0.2, -0.15) is 0 Å². The van der Waals surface area contributed by atoms with E-state index in [1.807, 2.05) is 6.92 Å². The molecule has 1 aromatic carbocycles. The minimum absolute atomic E-state index is 0.0834. The fourth-order valence-electron chi connectivity index (χ4n) is 2.59. The van der Waals surface area contributed by atoms with E-state index < -0.39 is 0 Å². The summed E-state index contributed by atoms with van der Waals surface area (Å²) in [5, 5.41) is 6.43. The lowest BCUT2D eigenvalue weighted by molar-refractivity contribution is -0.122. The summed E-state index contributed by atoms with van der Waals surface area (Å²) in [6.45, 7) is 4.21. The second kappa shape index (κ2) is 7.70. The van der Waals surface area contributed by atoms with E-state index in [-0.39, 0.29) is 11.9 Å². The van der Waals surface area contributed by atoms with E-state index in [1.54, 1.807) is 11.8 Å². The average Bonchev–Trinajstić information content (AvgIpc) is 2.98. The summed E-state index contributed by atoms with van der Waals surface area (Å²) >= 11 is 1.73. The number of thioether (sulfide) groups is 1. The van der Waals surface area contributed by atoms with Gasteiger partial charge < -0.3 is 10.6 Å². The zero-order chi connectivity index (χ0) is 14.4. The van der Waals surface area contributed by atoms with Crippen LogP contribution in [-0.4, -0.2) is 25.3 Å². The molecule has 1 saturated heterocycles. The summed E-state index contributed by atoms with van der Waals surface area (Å²) < 4.78 is 0. The third kappa shape index (κ3) is 4.53. The molecule has 110 valence electrons. The number of carbonyl (C=O) groups excluding carboxylic acids is 1. The van der Waals surface area contributed by atoms with E-state index in [0.717, 1.165) is 19.5 Å². The van der Waals surface area contributed by atoms with Crippen LogP contribution in [0.2, 0.25) is 0 Å². The normalized spacial score (nSPS) is 19.8. The van der Waals surface area contributed by atoms with Gasteiger partial charge in [0.15, 0.2) is 0 Å². The van der Waals surface area contributed by atoms with Crippen molar-refractivity contribution in [2.75, 3.05) is 19.3 Å². The highest BCUT2D eigenvalue weighted by atomic mass is 32.2. The summed E-state index contributed by atoms with van der Waals surface area (Å²) in [6.07, 6.45) is 4.91. The van der Waals surface area contributed by atoms with E-state index in [0.29, 0.717) is 12.3 Å². The Balaban J connectivity index is 1.77. The van der Waals surface area contributed by atoms with Crippen molar-refractivity contribution in [3.8, 4) is 0 Å². The van der Waals surface area contributed by atoms with E-state index in [9.17, 15) is 4.79 Å². The van der Waals surface area contributed by atoms with E-state index >= 15 is 0 Å². The molecule has 0 bridgehead atoms. The maximum atomic E-state index is 12.0. The van der Waals surface area contributed by atoms with Crippen LogP contribution in [0.15, 0.2) is 29.2 Å². The van der Waals surface area contributed by atoms with Crippen LogP contribution in [0.25, 0.3) is 0 Å². The highest BCUT2D eigenvalue weighted by molar-refractivity contribution is 7.98. The third-order valence-electron chi connectivity index (χ3n) is 3.94. The lowest BCUT2D eigenvalue weighted by atomic mass is 10.0. The van der Waals surface area contributed by atoms with Crippen LogP contribution in [0.4, 0.5) is 0 Å². The smallest absolute Gasteiger partial charge is 0.220 e. The molecule has 1 amide bonds. The Hall–Kier alpha value is -1.00. The first-order chi connectivity index (χ1) is 9.69. The van der Waals surface area contributed by atoms with Gasteiger partial charge in [-0.05, 0) is 62.7 Å². The molecular weight excluding hydrogens is 268 g/mol. The largest absolute Gasteiger partial charge is 0.350 e. The first kappa shape index (κ1) is 15.4. The Kier molecular flexibility index (Phi) is 5.92. The minimum Gasteiger partial charge on any atom is -0.350 e. The predicted octanol–water partition coefficient (Wildman–Crippen LogP) is 2.98. The predicted molar refractivity (Wildman–Crippen MR) is 85.0 cm³/mol. The molecule has 1 fully saturated rings. The highest BCUT2D eigenvalue weighted by Gasteiger charge is 2.16. The second-order valence-corrected chi connectivity index (χ2v) is 6.34. The fourth-order valence-corrected chi connectivity index (χ4v) is 2.99. The minimum atomic E-state index is 0.0834. The topological polar surface area (TPSA) is 41.1 Å². The van der Waals surface area contributed by atoms with Crippen LogP contribution in [0.1, 0.15) is 37.8 Å². The van der Waals surface area contributed by atoms with Gasteiger partial charge in [-0.3, -0.25) is 4.79 Å². The van der Waals surface area contributed by atoms with Gasteiger partial charge in [0, 0.05) is 11.3 Å². The summed E-state index contributed by atoms with van der Waals surface area (Å²) in [7, 11) is 0. The van der Waals surface area contributed by atoms with Crippen molar-refractivity contribution in [2.45, 2.75) is 37.1 Å². The molecule has 3 nitrogen and oxygen atoms in total. The van der Waals surface area contributed by atoms with Crippen molar-refractivity contribution in [1.29, 1.82) is 0 Å². The lowest BCUT2D eigenvalue weighted by Crippen LogP contribution is -2.27. The molecule has 2 rings (SSSR count). The van der Waals surface area contributed by atoms with Crippen molar-refractivity contribution in [1.82, 2.24) is 10.6 Å². The van der Waals surface area contributed by atoms with Crippen LogP contribution >= 0.6 is 11.8 Å². The number of rotatable bonds is 6. The molecule has 0 aliphatic carbocycles. The van der Waals surface area contributed by atoms with Gasteiger partial charge in [-0.1, -0.05) is 12.1 Å². The van der Waals surface area contributed by atoms with Crippen molar-refractivity contribution in [3.05, 3.63) is 29.8 Å². The Labute approximate surface area is 125 Å². The van der Waals surface area contributed by atoms with Crippen molar-refractivity contribution in [3.63, 3.8) is 0 Å². The van der Waals surface area contributed by atoms with Crippen LogP contribution in [-0.2, 0) is 4.79 Å². The molecule has 2 N–H and O–H groups in total. The van der Waals surface area contributed by atoms with Gasteiger partial charge in [-0.25, -0.2) is 0 Å². The number of amides is 1. The summed E-state index contributed by atoms with van der Waals surface area (Å²) in [5.74, 6) is 0.843. The standard InChI is InChI=1S/C16H24N2OS/c1-12(14-4-6-15(20-2)7-5-14)18-16(19)8-3-13-9-10-17-11-13/h4-7,12-13,17H,3,8-11H2,1-2H3,(H,18,19). The highest BCUT2D eigenvalue weighted by Crippen LogP contribution is 2.19. The van der Waals surface area contributed by atoms with Gasteiger partial charge in [-0.15, -0.1) is 11.8 Å². The maximum absolute atomic E-state index is 12.0. The Morgan fingerprint density at radius 3 is 2.80 bits per heavy atom. The van der Waals surface area contributed by atoms with Crippen LogP contribution < -0.4 is 10.6 Å². The van der Waals surface area contributed by atoms with Crippen molar-refractivity contribution in [2.24, 2.45) is 5.92 Å². The number of hydrogen-bond donors (Lipinski definition) is 2. The van der Waals surface area contributed by atoms with Gasteiger partial charge >= 0.3 is 0 Å². The van der Waals surface area contributed by atoms with E-state index in [2.05, 4.69) is 41.2 Å². The zero-order valence-electron chi connectivity index (χ0n) is 12.3. The van der Waals surface area contributed by atoms with E-state index in [1.165, 1.54) is 16.9 Å². The summed E-state index contributed by atoms with van der Waals surface area (Å²) in [6, 6.07) is 8.48. The third-order valence-corrected chi connectivity index (χ3v) is 4.68. The molecule has 0 radical (unpaired) electrons. The number of nitrogens with one attached hydrogen (secondary N) is 2. The lowest BCUT2D eigenvalue weighted by Gasteiger charge is -2.15. The molecule has 2 unspecified atom stereocenters. The SMILES string of the molecule is CSc1ccc(C(C)NC(=O)CCC2CCNC2)cc1. The maximum Gasteiger partial charge on any atom is 0.220 e. The van der Waals surface area contributed by atoms with Crippen LogP contribution in [0, 0.1) is 5.92 Å². The first-order valence-electron chi connectivity index (χ1n) is 7.33. The number of hydrogen-bond acceptors (Lipinski definition) is 3. The van der Waals surface area contributed by atoms with Gasteiger partial charge in [0.25, 0.3) is 0 Å². The monoisotopic (exact) mass is 292 g/mol. The second-order valence-electron chi connectivity index (χ2n) is 5.46. The average molecular weight is 292 g/mol. The molecule has 0 aromatic heterocycles. The molecule has 4 heteroatoms. The van der Waals surface area contributed by atoms with Gasteiger partial charge in [0.05, 0.1) is 6.04 Å². The molecule has 1 aliphatic heterocycles. The van der Waals surface area contributed by atoms with Crippen LogP contribution in [0.5, 0.6) is 0 Å². The van der Waals surface area contributed by atoms with Gasteiger partial charge in [0.1, 0.15) is 0 Å². The molecular formula is C16H24N2OS. The Bertz CT molecular complexity index is 427. The molecule has 1 aliphatic rings. The molecule has 0 spiro atoms.